The highest BCUT2D eigenvalue weighted by molar-refractivity contribution is 9.10. The Labute approximate surface area is 79.1 Å². The second kappa shape index (κ2) is 2.94. The van der Waals surface area contributed by atoms with Crippen LogP contribution in [0.15, 0.2) is 16.9 Å². The fraction of sp³-hybridized carbons (Fsp3) is 0.375. The highest BCUT2D eigenvalue weighted by Gasteiger charge is 2.25. The molecule has 1 fully saturated rings. The molecule has 0 unspecified atom stereocenters. The molecule has 1 aromatic heterocycles. The summed E-state index contributed by atoms with van der Waals surface area (Å²) in [6.45, 7) is 0. The third-order valence-corrected chi connectivity index (χ3v) is 2.25. The van der Waals surface area contributed by atoms with Crippen molar-refractivity contribution in [1.82, 2.24) is 4.98 Å². The van der Waals surface area contributed by atoms with Crippen molar-refractivity contribution in [3.8, 4) is 5.75 Å². The second-order valence-corrected chi connectivity index (χ2v) is 3.71. The molecule has 1 aromatic rings. The summed E-state index contributed by atoms with van der Waals surface area (Å²) in [6.07, 6.45) is 5.92. The number of hydrogen-bond acceptors (Lipinski definition) is 3. The average molecular weight is 229 g/mol. The van der Waals surface area contributed by atoms with Crippen LogP contribution in [-0.2, 0) is 0 Å². The van der Waals surface area contributed by atoms with Gasteiger partial charge in [-0.15, -0.1) is 0 Å². The monoisotopic (exact) mass is 228 g/mol. The molecule has 1 saturated carbocycles. The molecule has 0 radical (unpaired) electrons. The number of hydrogen-bond donors (Lipinski definition) is 1. The normalized spacial score (nSPS) is 16.1. The van der Waals surface area contributed by atoms with Crippen molar-refractivity contribution in [3.63, 3.8) is 0 Å². The van der Waals surface area contributed by atoms with Crippen molar-refractivity contribution in [3.05, 3.63) is 16.9 Å². The van der Waals surface area contributed by atoms with E-state index in [0.29, 0.717) is 11.8 Å². The molecular formula is C8H9BrN2O. The second-order valence-electron chi connectivity index (χ2n) is 2.86. The Bertz CT molecular complexity index is 279. The molecule has 1 aliphatic rings. The molecule has 0 atom stereocenters. The van der Waals surface area contributed by atoms with E-state index >= 15 is 0 Å². The van der Waals surface area contributed by atoms with E-state index in [9.17, 15) is 0 Å². The van der Waals surface area contributed by atoms with Crippen LogP contribution < -0.4 is 10.5 Å². The maximum Gasteiger partial charge on any atom is 0.159 e. The molecule has 2 rings (SSSR count). The van der Waals surface area contributed by atoms with Crippen LogP contribution in [0, 0.1) is 0 Å². The summed E-state index contributed by atoms with van der Waals surface area (Å²) in [5.74, 6) is 0.729. The molecule has 1 aliphatic carbocycles. The van der Waals surface area contributed by atoms with Crippen LogP contribution in [0.5, 0.6) is 5.75 Å². The van der Waals surface area contributed by atoms with Gasteiger partial charge in [0.25, 0.3) is 0 Å². The van der Waals surface area contributed by atoms with Gasteiger partial charge in [-0.2, -0.15) is 0 Å². The molecule has 0 aliphatic heterocycles. The number of ether oxygens (including phenoxy) is 1. The van der Waals surface area contributed by atoms with E-state index in [0.717, 1.165) is 23.1 Å². The van der Waals surface area contributed by atoms with Gasteiger partial charge in [0.15, 0.2) is 5.75 Å². The van der Waals surface area contributed by atoms with Crippen molar-refractivity contribution in [2.45, 2.75) is 18.9 Å². The Hall–Kier alpha value is -0.770. The number of anilines is 1. The van der Waals surface area contributed by atoms with E-state index in [1.807, 2.05) is 0 Å². The van der Waals surface area contributed by atoms with Gasteiger partial charge in [0.1, 0.15) is 0 Å². The summed E-state index contributed by atoms with van der Waals surface area (Å²) >= 11 is 3.34. The Morgan fingerprint density at radius 3 is 2.83 bits per heavy atom. The Morgan fingerprint density at radius 2 is 2.25 bits per heavy atom. The van der Waals surface area contributed by atoms with Gasteiger partial charge < -0.3 is 10.5 Å². The number of nitrogen functional groups attached to an aromatic ring is 1. The minimum atomic E-state index is 0.367. The quantitative estimate of drug-likeness (QED) is 0.843. The number of nitrogens with two attached hydrogens (primary N) is 1. The summed E-state index contributed by atoms with van der Waals surface area (Å²) < 4.78 is 6.40. The van der Waals surface area contributed by atoms with Crippen LogP contribution in [0.1, 0.15) is 12.8 Å². The van der Waals surface area contributed by atoms with Crippen LogP contribution in [0.4, 0.5) is 5.69 Å². The van der Waals surface area contributed by atoms with Gasteiger partial charge >= 0.3 is 0 Å². The van der Waals surface area contributed by atoms with Gasteiger partial charge in [-0.25, -0.2) is 0 Å². The van der Waals surface area contributed by atoms with E-state index in [4.69, 9.17) is 10.5 Å². The predicted octanol–water partition coefficient (Wildman–Crippen LogP) is 1.97. The topological polar surface area (TPSA) is 48.1 Å². The molecule has 3 nitrogen and oxygen atoms in total. The van der Waals surface area contributed by atoms with Crippen molar-refractivity contribution in [2.75, 3.05) is 5.73 Å². The molecule has 0 bridgehead atoms. The zero-order valence-corrected chi connectivity index (χ0v) is 8.04. The summed E-state index contributed by atoms with van der Waals surface area (Å²) in [5, 5.41) is 0. The SMILES string of the molecule is Nc1cncc(Br)c1OC1CC1. The summed E-state index contributed by atoms with van der Waals surface area (Å²) in [5.41, 5.74) is 6.27. The molecular weight excluding hydrogens is 220 g/mol. The number of rotatable bonds is 2. The molecule has 0 amide bonds. The molecule has 0 spiro atoms. The number of pyridine rings is 1. The number of aromatic nitrogens is 1. The lowest BCUT2D eigenvalue weighted by molar-refractivity contribution is 0.302. The fourth-order valence-corrected chi connectivity index (χ4v) is 1.36. The highest BCUT2D eigenvalue weighted by atomic mass is 79.9. The lowest BCUT2D eigenvalue weighted by atomic mass is 10.4. The lowest BCUT2D eigenvalue weighted by Crippen LogP contribution is -2.00. The van der Waals surface area contributed by atoms with Crippen LogP contribution in [-0.4, -0.2) is 11.1 Å². The van der Waals surface area contributed by atoms with E-state index in [2.05, 4.69) is 20.9 Å². The molecule has 0 aromatic carbocycles. The summed E-state index contributed by atoms with van der Waals surface area (Å²) in [4.78, 5) is 3.92. The Balaban J connectivity index is 2.26. The minimum absolute atomic E-state index is 0.367. The van der Waals surface area contributed by atoms with Gasteiger partial charge in [-0.1, -0.05) is 0 Å². The van der Waals surface area contributed by atoms with Crippen molar-refractivity contribution >= 4 is 21.6 Å². The molecule has 2 N–H and O–H groups in total. The maximum atomic E-state index is 5.68. The third kappa shape index (κ3) is 1.53. The predicted molar refractivity (Wildman–Crippen MR) is 50.0 cm³/mol. The number of halogens is 1. The zero-order valence-electron chi connectivity index (χ0n) is 6.46. The first-order valence-corrected chi connectivity index (χ1v) is 4.62. The van der Waals surface area contributed by atoms with E-state index < -0.39 is 0 Å². The Kier molecular flexibility index (Phi) is 1.92. The fourth-order valence-electron chi connectivity index (χ4n) is 0.915. The minimum Gasteiger partial charge on any atom is -0.487 e. The van der Waals surface area contributed by atoms with Crippen molar-refractivity contribution < 1.29 is 4.74 Å². The van der Waals surface area contributed by atoms with Crippen LogP contribution in [0.3, 0.4) is 0 Å². The maximum absolute atomic E-state index is 5.68. The van der Waals surface area contributed by atoms with Gasteiger partial charge in [0.05, 0.1) is 22.5 Å². The zero-order chi connectivity index (χ0) is 8.55. The lowest BCUT2D eigenvalue weighted by Gasteiger charge is -2.08. The number of nitrogens with zero attached hydrogens (tertiary/aromatic N) is 1. The van der Waals surface area contributed by atoms with Crippen LogP contribution in [0.2, 0.25) is 0 Å². The van der Waals surface area contributed by atoms with Gasteiger partial charge in [0, 0.05) is 6.20 Å². The molecule has 4 heteroatoms. The Morgan fingerprint density at radius 1 is 1.50 bits per heavy atom. The summed E-state index contributed by atoms with van der Waals surface area (Å²) in [7, 11) is 0. The van der Waals surface area contributed by atoms with E-state index in [1.54, 1.807) is 12.4 Å². The first-order valence-electron chi connectivity index (χ1n) is 3.83. The smallest absolute Gasteiger partial charge is 0.159 e. The largest absolute Gasteiger partial charge is 0.487 e. The van der Waals surface area contributed by atoms with E-state index in [-0.39, 0.29) is 0 Å². The average Bonchev–Trinajstić information content (AvgIpc) is 2.80. The van der Waals surface area contributed by atoms with Crippen molar-refractivity contribution in [1.29, 1.82) is 0 Å². The van der Waals surface area contributed by atoms with E-state index in [1.165, 1.54) is 0 Å². The van der Waals surface area contributed by atoms with Crippen molar-refractivity contribution in [2.24, 2.45) is 0 Å². The first-order chi connectivity index (χ1) is 5.77. The molecule has 0 saturated heterocycles. The van der Waals surface area contributed by atoms with Gasteiger partial charge in [-0.3, -0.25) is 4.98 Å². The third-order valence-electron chi connectivity index (χ3n) is 1.69. The van der Waals surface area contributed by atoms with Crippen LogP contribution >= 0.6 is 15.9 Å². The van der Waals surface area contributed by atoms with Crippen LogP contribution in [0.25, 0.3) is 0 Å². The molecule has 12 heavy (non-hydrogen) atoms. The molecule has 64 valence electrons. The first kappa shape index (κ1) is 7.86. The summed E-state index contributed by atoms with van der Waals surface area (Å²) in [6, 6.07) is 0. The highest BCUT2D eigenvalue weighted by Crippen LogP contribution is 2.35. The van der Waals surface area contributed by atoms with Gasteiger partial charge in [-0.05, 0) is 28.8 Å². The standard InChI is InChI=1S/C8H9BrN2O/c9-6-3-11-4-7(10)8(6)12-5-1-2-5/h3-5H,1-2,10H2. The molecule has 1 heterocycles. The van der Waals surface area contributed by atoms with Gasteiger partial charge in [0.2, 0.25) is 0 Å².